The molecule has 0 amide bonds. The molecule has 0 saturated carbocycles. The molecule has 0 N–H and O–H groups in total. The topological polar surface area (TPSA) is 44.7 Å². The number of alkyl halides is 2. The second kappa shape index (κ2) is 6.87. The van der Waals surface area contributed by atoms with Crippen LogP contribution in [0.25, 0.3) is 0 Å². The summed E-state index contributed by atoms with van der Waals surface area (Å²) < 4.78 is 50.0. The highest BCUT2D eigenvalue weighted by molar-refractivity contribution is 7.91. The van der Waals surface area contributed by atoms with Crippen molar-refractivity contribution in [3.05, 3.63) is 35.4 Å². The van der Waals surface area contributed by atoms with Crippen molar-refractivity contribution < 1.29 is 18.1 Å². The van der Waals surface area contributed by atoms with E-state index in [1.807, 2.05) is 20.8 Å². The Morgan fingerprint density at radius 1 is 1.35 bits per heavy atom. The van der Waals surface area contributed by atoms with Crippen molar-refractivity contribution in [1.82, 2.24) is 0 Å². The summed E-state index contributed by atoms with van der Waals surface area (Å²) in [6.07, 6.45) is -0.0534. The predicted molar refractivity (Wildman–Crippen MR) is 89.4 cm³/mol. The number of hydrogen-bond donors (Lipinski definition) is 0. The summed E-state index contributed by atoms with van der Waals surface area (Å²) in [7, 11) is 0. The molecule has 0 spiro atoms. The SMILES string of the molecule is C/C(=N/[S+]([O-])C(C)(C)C)c1cccc(C(F)(F)[C@H]2CCCO2)c1. The molecule has 0 bridgehead atoms. The fraction of sp³-hybridized carbons (Fsp3) is 0.588. The largest absolute Gasteiger partial charge is 0.591 e. The molecule has 1 aromatic carbocycles. The smallest absolute Gasteiger partial charge is 0.298 e. The molecule has 0 radical (unpaired) electrons. The summed E-state index contributed by atoms with van der Waals surface area (Å²) in [5, 5.41) is 0. The summed E-state index contributed by atoms with van der Waals surface area (Å²) in [6, 6.07) is 6.10. The molecule has 1 unspecified atom stereocenters. The highest BCUT2D eigenvalue weighted by Gasteiger charge is 2.44. The Kier molecular flexibility index (Phi) is 5.48. The second-order valence-electron chi connectivity index (χ2n) is 6.74. The minimum absolute atomic E-state index is 0.0852. The summed E-state index contributed by atoms with van der Waals surface area (Å²) in [6.45, 7) is 7.53. The standard InChI is InChI=1S/C17H23F2NO2S/c1-12(20-23(21)16(2,3)4)13-7-5-8-14(11-13)17(18,19)15-9-6-10-22-15/h5,7-8,11,15H,6,9-10H2,1-4H3/b20-12-/t15-,23?/m1/s1. The van der Waals surface area contributed by atoms with E-state index in [4.69, 9.17) is 4.74 Å². The Bertz CT molecular complexity index is 578. The lowest BCUT2D eigenvalue weighted by molar-refractivity contribution is -0.122. The number of rotatable bonds is 4. The van der Waals surface area contributed by atoms with E-state index >= 15 is 0 Å². The van der Waals surface area contributed by atoms with Gasteiger partial charge in [-0.3, -0.25) is 0 Å². The van der Waals surface area contributed by atoms with Crippen LogP contribution in [-0.2, 0) is 22.0 Å². The first-order chi connectivity index (χ1) is 10.6. The molecule has 6 heteroatoms. The Hall–Kier alpha value is -0.980. The van der Waals surface area contributed by atoms with E-state index < -0.39 is 28.1 Å². The molecule has 1 saturated heterocycles. The van der Waals surface area contributed by atoms with Gasteiger partial charge in [0.2, 0.25) is 0 Å². The van der Waals surface area contributed by atoms with Crippen molar-refractivity contribution in [2.24, 2.45) is 4.40 Å². The maximum atomic E-state index is 14.5. The van der Waals surface area contributed by atoms with Gasteiger partial charge in [-0.1, -0.05) is 22.6 Å². The summed E-state index contributed by atoms with van der Waals surface area (Å²) in [5.41, 5.74) is 0.957. The van der Waals surface area contributed by atoms with Crippen LogP contribution in [0.4, 0.5) is 8.78 Å². The summed E-state index contributed by atoms with van der Waals surface area (Å²) >= 11 is -1.42. The number of nitrogens with zero attached hydrogens (tertiary/aromatic N) is 1. The zero-order valence-corrected chi connectivity index (χ0v) is 14.8. The molecule has 3 nitrogen and oxygen atoms in total. The average Bonchev–Trinajstić information content (AvgIpc) is 3.01. The van der Waals surface area contributed by atoms with Gasteiger partial charge in [-0.25, -0.2) is 0 Å². The van der Waals surface area contributed by atoms with Crippen molar-refractivity contribution in [3.63, 3.8) is 0 Å². The van der Waals surface area contributed by atoms with Gasteiger partial charge in [0.15, 0.2) is 0 Å². The van der Waals surface area contributed by atoms with E-state index in [9.17, 15) is 13.3 Å². The van der Waals surface area contributed by atoms with Gasteiger partial charge in [0.1, 0.15) is 22.2 Å². The van der Waals surface area contributed by atoms with Crippen LogP contribution in [-0.4, -0.2) is 27.7 Å². The van der Waals surface area contributed by atoms with Gasteiger partial charge in [-0.15, -0.1) is 0 Å². The lowest BCUT2D eigenvalue weighted by Gasteiger charge is -2.23. The van der Waals surface area contributed by atoms with Gasteiger partial charge in [-0.05, 0) is 46.6 Å². The fourth-order valence-corrected chi connectivity index (χ4v) is 2.94. The van der Waals surface area contributed by atoms with Gasteiger partial charge >= 0.3 is 0 Å². The fourth-order valence-electron chi connectivity index (χ4n) is 2.32. The third-order valence-electron chi connectivity index (χ3n) is 3.74. The minimum atomic E-state index is -3.03. The van der Waals surface area contributed by atoms with Crippen LogP contribution < -0.4 is 0 Å². The highest BCUT2D eigenvalue weighted by atomic mass is 32.2. The Morgan fingerprint density at radius 2 is 2.04 bits per heavy atom. The Balaban J connectivity index is 2.27. The normalized spacial score (nSPS) is 21.5. The van der Waals surface area contributed by atoms with E-state index in [1.54, 1.807) is 19.1 Å². The summed E-state index contributed by atoms with van der Waals surface area (Å²) in [5.74, 6) is -3.03. The lowest BCUT2D eigenvalue weighted by Crippen LogP contribution is -2.30. The van der Waals surface area contributed by atoms with E-state index in [1.165, 1.54) is 12.1 Å². The van der Waals surface area contributed by atoms with E-state index in [2.05, 4.69) is 4.40 Å². The highest BCUT2D eigenvalue weighted by Crippen LogP contribution is 2.38. The summed E-state index contributed by atoms with van der Waals surface area (Å²) in [4.78, 5) is 0. The third kappa shape index (κ3) is 4.31. The van der Waals surface area contributed by atoms with E-state index in [0.717, 1.165) is 0 Å². The van der Waals surface area contributed by atoms with Crippen LogP contribution in [0.3, 0.4) is 0 Å². The molecule has 2 atom stereocenters. The Morgan fingerprint density at radius 3 is 2.61 bits per heavy atom. The molecule has 23 heavy (non-hydrogen) atoms. The van der Waals surface area contributed by atoms with Gasteiger partial charge in [0.25, 0.3) is 5.92 Å². The van der Waals surface area contributed by atoms with Crippen molar-refractivity contribution in [2.45, 2.75) is 57.3 Å². The first kappa shape index (κ1) is 18.4. The van der Waals surface area contributed by atoms with Gasteiger partial charge in [0, 0.05) is 17.7 Å². The predicted octanol–water partition coefficient (Wildman–Crippen LogP) is 4.23. The number of benzene rings is 1. The maximum absolute atomic E-state index is 14.5. The molecular formula is C17H23F2NO2S. The second-order valence-corrected chi connectivity index (χ2v) is 8.65. The monoisotopic (exact) mass is 343 g/mol. The van der Waals surface area contributed by atoms with Crippen molar-refractivity contribution >= 4 is 17.1 Å². The van der Waals surface area contributed by atoms with Gasteiger partial charge in [-0.2, -0.15) is 8.78 Å². The molecule has 2 rings (SSSR count). The van der Waals surface area contributed by atoms with Crippen LogP contribution >= 0.6 is 0 Å². The molecule has 0 aromatic heterocycles. The van der Waals surface area contributed by atoms with Crippen molar-refractivity contribution in [1.29, 1.82) is 0 Å². The molecule has 1 aliphatic heterocycles. The minimum Gasteiger partial charge on any atom is -0.591 e. The first-order valence-electron chi connectivity index (χ1n) is 7.70. The maximum Gasteiger partial charge on any atom is 0.298 e. The van der Waals surface area contributed by atoms with Crippen LogP contribution in [0.5, 0.6) is 0 Å². The van der Waals surface area contributed by atoms with Crippen LogP contribution in [0.2, 0.25) is 0 Å². The molecule has 1 aromatic rings. The molecular weight excluding hydrogens is 320 g/mol. The quantitative estimate of drug-likeness (QED) is 0.607. The molecule has 128 valence electrons. The number of ether oxygens (including phenoxy) is 1. The molecule has 1 aliphatic rings. The third-order valence-corrected chi connectivity index (χ3v) is 5.23. The van der Waals surface area contributed by atoms with Crippen LogP contribution in [0, 0.1) is 0 Å². The van der Waals surface area contributed by atoms with Crippen molar-refractivity contribution in [2.75, 3.05) is 6.61 Å². The zero-order valence-electron chi connectivity index (χ0n) is 13.9. The number of hydrogen-bond acceptors (Lipinski definition) is 3. The Labute approximate surface area is 139 Å². The van der Waals surface area contributed by atoms with Gasteiger partial charge < -0.3 is 9.29 Å². The lowest BCUT2D eigenvalue weighted by atomic mass is 9.98. The zero-order chi connectivity index (χ0) is 17.3. The first-order valence-corrected chi connectivity index (χ1v) is 8.80. The van der Waals surface area contributed by atoms with E-state index in [0.29, 0.717) is 30.7 Å². The van der Waals surface area contributed by atoms with Crippen molar-refractivity contribution in [3.8, 4) is 0 Å². The van der Waals surface area contributed by atoms with Crippen LogP contribution in [0.1, 0.15) is 51.7 Å². The van der Waals surface area contributed by atoms with E-state index in [-0.39, 0.29) is 5.56 Å². The molecule has 1 heterocycles. The van der Waals surface area contributed by atoms with Gasteiger partial charge in [0.05, 0.1) is 5.71 Å². The molecule has 0 aliphatic carbocycles. The average molecular weight is 343 g/mol. The molecule has 1 fully saturated rings. The number of halogens is 2. The van der Waals surface area contributed by atoms with Crippen LogP contribution in [0.15, 0.2) is 28.7 Å².